The van der Waals surface area contributed by atoms with E-state index in [9.17, 15) is 9.59 Å². The summed E-state index contributed by atoms with van der Waals surface area (Å²) in [6, 6.07) is 6.97. The number of amides is 1. The van der Waals surface area contributed by atoms with E-state index < -0.39 is 0 Å². The highest BCUT2D eigenvalue weighted by Gasteiger charge is 2.10. The van der Waals surface area contributed by atoms with Gasteiger partial charge in [-0.25, -0.2) is 0 Å². The highest BCUT2D eigenvalue weighted by atomic mass is 16.5. The molecule has 0 aliphatic carbocycles. The fourth-order valence-corrected chi connectivity index (χ4v) is 1.50. The van der Waals surface area contributed by atoms with Crippen LogP contribution >= 0.6 is 0 Å². The molecule has 0 spiro atoms. The molecule has 20 heavy (non-hydrogen) atoms. The number of nitrogens with zero attached hydrogens (tertiary/aromatic N) is 1. The van der Waals surface area contributed by atoms with Gasteiger partial charge >= 0.3 is 5.97 Å². The van der Waals surface area contributed by atoms with Gasteiger partial charge in [-0.2, -0.15) is 0 Å². The molecule has 1 aromatic rings. The Morgan fingerprint density at radius 2 is 1.85 bits per heavy atom. The van der Waals surface area contributed by atoms with Crippen molar-refractivity contribution in [1.29, 1.82) is 0 Å². The zero-order valence-electron chi connectivity index (χ0n) is 11.8. The molecule has 0 bridgehead atoms. The topological polar surface area (TPSA) is 81.9 Å². The highest BCUT2D eigenvalue weighted by molar-refractivity contribution is 5.77. The highest BCUT2D eigenvalue weighted by Crippen LogP contribution is 2.13. The lowest BCUT2D eigenvalue weighted by Gasteiger charge is -2.16. The number of carbonyl (C=O) groups excluding carboxylic acids is 2. The number of esters is 1. The predicted molar refractivity (Wildman–Crippen MR) is 75.2 cm³/mol. The number of ether oxygens (including phenoxy) is 2. The van der Waals surface area contributed by atoms with Crippen molar-refractivity contribution in [2.75, 3.05) is 33.0 Å². The molecule has 0 saturated carbocycles. The molecule has 0 radical (unpaired) electrons. The Balaban J connectivity index is 2.25. The molecular weight excluding hydrogens is 260 g/mol. The monoisotopic (exact) mass is 280 g/mol. The third-order valence-electron chi connectivity index (χ3n) is 2.77. The van der Waals surface area contributed by atoms with Crippen LogP contribution in [-0.4, -0.2) is 44.1 Å². The van der Waals surface area contributed by atoms with E-state index in [0.29, 0.717) is 18.0 Å². The maximum Gasteiger partial charge on any atom is 0.307 e. The van der Waals surface area contributed by atoms with Crippen molar-refractivity contribution in [3.63, 3.8) is 0 Å². The number of nitrogens with two attached hydrogens (primary N) is 1. The van der Waals surface area contributed by atoms with Crippen molar-refractivity contribution in [3.05, 3.63) is 24.3 Å². The number of methoxy groups -OCH3 is 1. The van der Waals surface area contributed by atoms with Gasteiger partial charge in [0.2, 0.25) is 5.91 Å². The fourth-order valence-electron chi connectivity index (χ4n) is 1.50. The largest absolute Gasteiger partial charge is 0.493 e. The molecule has 6 heteroatoms. The van der Waals surface area contributed by atoms with E-state index in [-0.39, 0.29) is 31.3 Å². The quantitative estimate of drug-likeness (QED) is 0.596. The number of anilines is 1. The first-order valence-corrected chi connectivity index (χ1v) is 6.32. The molecular formula is C14H20N2O4. The minimum absolute atomic E-state index is 0.0793. The molecule has 0 aliphatic heterocycles. The molecule has 0 unspecified atom stereocenters. The molecule has 0 atom stereocenters. The summed E-state index contributed by atoms with van der Waals surface area (Å²) < 4.78 is 9.95. The van der Waals surface area contributed by atoms with Gasteiger partial charge in [-0.05, 0) is 24.3 Å². The summed E-state index contributed by atoms with van der Waals surface area (Å²) >= 11 is 0. The van der Waals surface area contributed by atoms with Gasteiger partial charge in [0.25, 0.3) is 0 Å². The number of hydrogen-bond acceptors (Lipinski definition) is 5. The standard InChI is InChI=1S/C14H20N2O4/c1-16(9-7-14(18)19-2)13(17)8-10-20-12-5-3-11(15)4-6-12/h3-6H,7-10,15H2,1-2H3. The van der Waals surface area contributed by atoms with Crippen LogP contribution in [0.3, 0.4) is 0 Å². The van der Waals surface area contributed by atoms with Crippen LogP contribution < -0.4 is 10.5 Å². The number of nitrogen functional groups attached to an aromatic ring is 1. The molecule has 0 saturated heterocycles. The summed E-state index contributed by atoms with van der Waals surface area (Å²) in [6.45, 7) is 0.624. The first-order valence-electron chi connectivity index (χ1n) is 6.32. The molecule has 2 N–H and O–H groups in total. The van der Waals surface area contributed by atoms with Crippen molar-refractivity contribution in [3.8, 4) is 5.75 Å². The minimum atomic E-state index is -0.331. The molecule has 1 aromatic carbocycles. The number of hydrogen-bond donors (Lipinski definition) is 1. The third-order valence-corrected chi connectivity index (χ3v) is 2.77. The van der Waals surface area contributed by atoms with Crippen LogP contribution in [0.2, 0.25) is 0 Å². The fraction of sp³-hybridized carbons (Fsp3) is 0.429. The van der Waals surface area contributed by atoms with Crippen LogP contribution in [0.5, 0.6) is 5.75 Å². The van der Waals surface area contributed by atoms with Gasteiger partial charge < -0.3 is 20.1 Å². The summed E-state index contributed by atoms with van der Waals surface area (Å²) in [5.74, 6) is 0.260. The van der Waals surface area contributed by atoms with E-state index in [0.717, 1.165) is 0 Å². The molecule has 1 rings (SSSR count). The maximum absolute atomic E-state index is 11.8. The van der Waals surface area contributed by atoms with Crippen LogP contribution in [0.4, 0.5) is 5.69 Å². The smallest absolute Gasteiger partial charge is 0.307 e. The van der Waals surface area contributed by atoms with E-state index in [4.69, 9.17) is 10.5 Å². The lowest BCUT2D eigenvalue weighted by atomic mass is 10.3. The molecule has 0 fully saturated rings. The summed E-state index contributed by atoms with van der Waals surface area (Å²) in [5.41, 5.74) is 6.22. The summed E-state index contributed by atoms with van der Waals surface area (Å²) in [6.07, 6.45) is 0.444. The van der Waals surface area contributed by atoms with Crippen molar-refractivity contribution < 1.29 is 19.1 Å². The normalized spacial score (nSPS) is 9.90. The average molecular weight is 280 g/mol. The molecule has 6 nitrogen and oxygen atoms in total. The number of carbonyl (C=O) groups is 2. The van der Waals surface area contributed by atoms with Gasteiger partial charge in [0.1, 0.15) is 5.75 Å². The number of benzene rings is 1. The van der Waals surface area contributed by atoms with E-state index in [1.165, 1.54) is 12.0 Å². The van der Waals surface area contributed by atoms with Gasteiger partial charge in [0, 0.05) is 19.3 Å². The third kappa shape index (κ3) is 5.60. The lowest BCUT2D eigenvalue weighted by Crippen LogP contribution is -2.30. The average Bonchev–Trinajstić information content (AvgIpc) is 2.46. The van der Waals surface area contributed by atoms with Gasteiger partial charge in [0.05, 0.1) is 26.6 Å². The Hall–Kier alpha value is -2.24. The molecule has 0 heterocycles. The minimum Gasteiger partial charge on any atom is -0.493 e. The SMILES string of the molecule is COC(=O)CCN(C)C(=O)CCOc1ccc(N)cc1. The zero-order chi connectivity index (χ0) is 15.0. The Kier molecular flexibility index (Phi) is 6.36. The summed E-state index contributed by atoms with van der Waals surface area (Å²) in [7, 11) is 2.97. The Morgan fingerprint density at radius 3 is 2.45 bits per heavy atom. The first kappa shape index (κ1) is 15.8. The second-order valence-corrected chi connectivity index (χ2v) is 4.31. The second kappa shape index (κ2) is 8.04. The maximum atomic E-state index is 11.8. The van der Waals surface area contributed by atoms with Crippen molar-refractivity contribution >= 4 is 17.6 Å². The number of rotatable bonds is 7. The second-order valence-electron chi connectivity index (χ2n) is 4.31. The van der Waals surface area contributed by atoms with Crippen LogP contribution in [0, 0.1) is 0 Å². The van der Waals surface area contributed by atoms with Gasteiger partial charge in [-0.15, -0.1) is 0 Å². The molecule has 0 aromatic heterocycles. The molecule has 110 valence electrons. The van der Waals surface area contributed by atoms with Crippen LogP contribution in [0.15, 0.2) is 24.3 Å². The van der Waals surface area contributed by atoms with Crippen LogP contribution in [0.1, 0.15) is 12.8 Å². The van der Waals surface area contributed by atoms with E-state index >= 15 is 0 Å². The zero-order valence-corrected chi connectivity index (χ0v) is 11.8. The van der Waals surface area contributed by atoms with Crippen LogP contribution in [0.25, 0.3) is 0 Å². The van der Waals surface area contributed by atoms with Crippen molar-refractivity contribution in [1.82, 2.24) is 4.90 Å². The van der Waals surface area contributed by atoms with Gasteiger partial charge in [-0.3, -0.25) is 9.59 Å². The van der Waals surface area contributed by atoms with Gasteiger partial charge in [0.15, 0.2) is 0 Å². The van der Waals surface area contributed by atoms with Crippen LogP contribution in [-0.2, 0) is 14.3 Å². The van der Waals surface area contributed by atoms with E-state index in [1.807, 2.05) is 0 Å². The Labute approximate surface area is 118 Å². The first-order chi connectivity index (χ1) is 9.52. The van der Waals surface area contributed by atoms with Crippen molar-refractivity contribution in [2.24, 2.45) is 0 Å². The lowest BCUT2D eigenvalue weighted by molar-refractivity contribution is -0.141. The van der Waals surface area contributed by atoms with E-state index in [1.54, 1.807) is 31.3 Å². The van der Waals surface area contributed by atoms with Gasteiger partial charge in [-0.1, -0.05) is 0 Å². The Morgan fingerprint density at radius 1 is 1.20 bits per heavy atom. The molecule has 1 amide bonds. The van der Waals surface area contributed by atoms with E-state index in [2.05, 4.69) is 4.74 Å². The summed E-state index contributed by atoms with van der Waals surface area (Å²) in [4.78, 5) is 24.2. The Bertz CT molecular complexity index is 445. The molecule has 0 aliphatic rings. The predicted octanol–water partition coefficient (Wildman–Crippen LogP) is 1.06. The summed E-state index contributed by atoms with van der Waals surface area (Å²) in [5, 5.41) is 0. The van der Waals surface area contributed by atoms with Crippen molar-refractivity contribution in [2.45, 2.75) is 12.8 Å².